The molecule has 4 amide bonds. The molecule has 1 aliphatic carbocycles. The molecular weight excluding hydrogens is 586 g/mol. The molecule has 6 N–H and O–H groups in total. The van der Waals surface area contributed by atoms with Crippen LogP contribution in [0.25, 0.3) is 0 Å². The van der Waals surface area contributed by atoms with Crippen molar-refractivity contribution in [3.05, 3.63) is 72.3 Å². The fourth-order valence-electron chi connectivity index (χ4n) is 6.75. The van der Waals surface area contributed by atoms with Crippen LogP contribution in [0.15, 0.2) is 55.2 Å². The van der Waals surface area contributed by atoms with E-state index >= 15 is 4.79 Å². The van der Waals surface area contributed by atoms with E-state index in [4.69, 9.17) is 5.73 Å². The van der Waals surface area contributed by atoms with E-state index in [9.17, 15) is 14.7 Å². The fourth-order valence-corrected chi connectivity index (χ4v) is 6.75. The molecule has 3 heterocycles. The molecule has 1 aliphatic heterocycles. The van der Waals surface area contributed by atoms with Crippen LogP contribution in [-0.2, 0) is 22.4 Å². The Morgan fingerprint density at radius 3 is 2.43 bits per heavy atom. The Morgan fingerprint density at radius 1 is 1.07 bits per heavy atom. The fraction of sp³-hybridized carbons (Fsp3) is 0.545. The number of hydrogen-bond donors (Lipinski definition) is 5. The van der Waals surface area contributed by atoms with Gasteiger partial charge in [0.05, 0.1) is 12.4 Å². The number of benzene rings is 1. The van der Waals surface area contributed by atoms with E-state index in [2.05, 4.69) is 30.2 Å². The Hall–Kier alpha value is -4.23. The van der Waals surface area contributed by atoms with Crippen molar-refractivity contribution in [3.8, 4) is 0 Å². The number of piperazine rings is 1. The van der Waals surface area contributed by atoms with Gasteiger partial charge < -0.3 is 40.8 Å². The number of amides is 4. The number of urea groups is 1. The summed E-state index contributed by atoms with van der Waals surface area (Å²) in [4.78, 5) is 61.8. The number of carbonyl (C=O) groups excluding carboxylic acids is 3. The molecule has 13 heteroatoms. The van der Waals surface area contributed by atoms with Crippen LogP contribution >= 0.6 is 0 Å². The third kappa shape index (κ3) is 8.52. The number of aromatic nitrogens is 4. The zero-order chi connectivity index (χ0) is 32.5. The lowest BCUT2D eigenvalue weighted by atomic mass is 9.82. The van der Waals surface area contributed by atoms with Crippen LogP contribution < -0.4 is 11.1 Å². The minimum Gasteiger partial charge on any atom is -0.383 e. The first-order chi connectivity index (χ1) is 22.3. The van der Waals surface area contributed by atoms with Gasteiger partial charge in [-0.25, -0.2) is 14.8 Å². The van der Waals surface area contributed by atoms with Gasteiger partial charge in [0.1, 0.15) is 24.0 Å². The molecule has 5 rings (SSSR count). The molecule has 1 saturated heterocycles. The smallest absolute Gasteiger partial charge is 0.318 e. The van der Waals surface area contributed by atoms with Gasteiger partial charge in [0.25, 0.3) is 0 Å². The summed E-state index contributed by atoms with van der Waals surface area (Å²) in [6.07, 6.45) is 10.9. The maximum absolute atomic E-state index is 15.1. The first-order valence-corrected chi connectivity index (χ1v) is 16.3. The van der Waals surface area contributed by atoms with E-state index < -0.39 is 36.0 Å². The molecule has 2 fully saturated rings. The molecule has 0 spiro atoms. The summed E-state index contributed by atoms with van der Waals surface area (Å²) in [6.45, 7) is 2.51. The molecule has 248 valence electrons. The van der Waals surface area contributed by atoms with Gasteiger partial charge in [-0.15, -0.1) is 0 Å². The summed E-state index contributed by atoms with van der Waals surface area (Å²) in [7, 11) is 2.01. The first kappa shape index (κ1) is 33.1. The number of nitrogens with two attached hydrogens (primary N) is 1. The topological polar surface area (TPSA) is 177 Å². The van der Waals surface area contributed by atoms with E-state index in [1.807, 2.05) is 37.4 Å². The number of H-pyrrole nitrogens is 2. The molecule has 46 heavy (non-hydrogen) atoms. The van der Waals surface area contributed by atoms with E-state index in [0.29, 0.717) is 31.0 Å². The van der Waals surface area contributed by atoms with Crippen LogP contribution in [-0.4, -0.2) is 109 Å². The van der Waals surface area contributed by atoms with Crippen molar-refractivity contribution in [2.45, 2.75) is 75.6 Å². The number of aromatic amines is 2. The van der Waals surface area contributed by atoms with Gasteiger partial charge >= 0.3 is 6.03 Å². The number of carbonyl (C=O) groups is 3. The lowest BCUT2D eigenvalue weighted by Gasteiger charge is -2.42. The highest BCUT2D eigenvalue weighted by Gasteiger charge is 2.43. The second kappa shape index (κ2) is 15.9. The molecular formula is C33H47N9O4. The largest absolute Gasteiger partial charge is 0.383 e. The average Bonchev–Trinajstić information content (AvgIpc) is 3.80. The molecule has 13 nitrogen and oxygen atoms in total. The summed E-state index contributed by atoms with van der Waals surface area (Å²) in [5, 5.41) is 14.9. The van der Waals surface area contributed by atoms with Gasteiger partial charge in [0.2, 0.25) is 11.8 Å². The SMILES string of the molecule is CN1CCN(C(=O)N[C@@H](Cc2ccccc2)C(=O)N([C@@H](Cc2cnc[nH]2)C(N)=O)[C@@H](CC2CCCCC2)[C@@H](O)c2ncc[nH]2)CC1. The van der Waals surface area contributed by atoms with Crippen LogP contribution in [0.5, 0.6) is 0 Å². The van der Waals surface area contributed by atoms with Crippen LogP contribution in [0.4, 0.5) is 4.79 Å². The van der Waals surface area contributed by atoms with Crippen molar-refractivity contribution in [2.75, 3.05) is 33.2 Å². The van der Waals surface area contributed by atoms with Crippen molar-refractivity contribution < 1.29 is 19.5 Å². The summed E-state index contributed by atoms with van der Waals surface area (Å²) in [6, 6.07) is 6.11. The average molecular weight is 634 g/mol. The normalized spacial score (nSPS) is 18.8. The predicted octanol–water partition coefficient (Wildman–Crippen LogP) is 2.00. The molecule has 0 radical (unpaired) electrons. The Morgan fingerprint density at radius 2 is 1.80 bits per heavy atom. The molecule has 0 unspecified atom stereocenters. The molecule has 1 saturated carbocycles. The lowest BCUT2D eigenvalue weighted by molar-refractivity contribution is -0.148. The number of aliphatic hydroxyl groups is 1. The Kier molecular flexibility index (Phi) is 11.4. The molecule has 4 atom stereocenters. The number of nitrogens with zero attached hydrogens (tertiary/aromatic N) is 5. The summed E-state index contributed by atoms with van der Waals surface area (Å²) < 4.78 is 0. The van der Waals surface area contributed by atoms with Crippen molar-refractivity contribution in [1.29, 1.82) is 0 Å². The third-order valence-electron chi connectivity index (χ3n) is 9.38. The number of rotatable bonds is 13. The highest BCUT2D eigenvalue weighted by atomic mass is 16.3. The zero-order valence-corrected chi connectivity index (χ0v) is 26.6. The van der Waals surface area contributed by atoms with Gasteiger partial charge in [0, 0.05) is 63.3 Å². The monoisotopic (exact) mass is 633 g/mol. The van der Waals surface area contributed by atoms with E-state index in [0.717, 1.165) is 50.8 Å². The highest BCUT2D eigenvalue weighted by molar-refractivity contribution is 5.92. The number of aliphatic hydroxyl groups excluding tert-OH is 1. The van der Waals surface area contributed by atoms with E-state index in [-0.39, 0.29) is 24.8 Å². The maximum Gasteiger partial charge on any atom is 0.318 e. The number of likely N-dealkylation sites (N-methyl/N-ethyl adjacent to an activating group) is 1. The van der Waals surface area contributed by atoms with Gasteiger partial charge in [-0.1, -0.05) is 62.4 Å². The van der Waals surface area contributed by atoms with E-state index in [1.54, 1.807) is 23.5 Å². The second-order valence-electron chi connectivity index (χ2n) is 12.7. The molecule has 1 aromatic carbocycles. The summed E-state index contributed by atoms with van der Waals surface area (Å²) >= 11 is 0. The number of hydrogen-bond acceptors (Lipinski definition) is 7. The Bertz CT molecular complexity index is 1370. The number of imidazole rings is 2. The van der Waals surface area contributed by atoms with Crippen LogP contribution in [0.1, 0.15) is 61.7 Å². The van der Waals surface area contributed by atoms with E-state index in [1.165, 1.54) is 11.2 Å². The van der Waals surface area contributed by atoms with Crippen LogP contribution in [0.2, 0.25) is 0 Å². The zero-order valence-electron chi connectivity index (χ0n) is 26.6. The van der Waals surface area contributed by atoms with Gasteiger partial charge in [-0.05, 0) is 24.9 Å². The minimum absolute atomic E-state index is 0.0670. The Labute approximate surface area is 270 Å². The van der Waals surface area contributed by atoms with Crippen molar-refractivity contribution in [1.82, 2.24) is 40.0 Å². The minimum atomic E-state index is -1.23. The predicted molar refractivity (Wildman–Crippen MR) is 172 cm³/mol. The maximum atomic E-state index is 15.1. The molecule has 2 aromatic heterocycles. The lowest BCUT2D eigenvalue weighted by Crippen LogP contribution is -2.62. The van der Waals surface area contributed by atoms with Gasteiger partial charge in [0.15, 0.2) is 0 Å². The van der Waals surface area contributed by atoms with Gasteiger partial charge in [-0.3, -0.25) is 9.59 Å². The standard InChI is InChI=1S/C33H47N9O4/c1-40-14-16-41(17-15-40)33(46)39-26(18-23-8-4-2-5-9-23)32(45)42(28(30(34)44)20-25-21-35-22-38-25)27(19-24-10-6-3-7-11-24)29(43)31-36-12-13-37-31/h2,4-5,8-9,12-13,21-22,24,26-29,43H,3,6-7,10-11,14-20H2,1H3,(H2,34,44)(H,35,38)(H,36,37)(H,39,46)/t26-,27-,28-,29+/m0/s1. The summed E-state index contributed by atoms with van der Waals surface area (Å²) in [5.41, 5.74) is 7.56. The van der Waals surface area contributed by atoms with Crippen molar-refractivity contribution in [3.63, 3.8) is 0 Å². The molecule has 3 aromatic rings. The van der Waals surface area contributed by atoms with Crippen molar-refractivity contribution in [2.24, 2.45) is 11.7 Å². The number of primary amides is 1. The Balaban J connectivity index is 1.55. The molecule has 2 aliphatic rings. The molecule has 0 bridgehead atoms. The third-order valence-corrected chi connectivity index (χ3v) is 9.38. The quantitative estimate of drug-likeness (QED) is 0.191. The second-order valence-corrected chi connectivity index (χ2v) is 12.7. The highest BCUT2D eigenvalue weighted by Crippen LogP contribution is 2.34. The number of nitrogens with one attached hydrogen (secondary N) is 3. The van der Waals surface area contributed by atoms with Crippen LogP contribution in [0, 0.1) is 5.92 Å². The van der Waals surface area contributed by atoms with Gasteiger partial charge in [-0.2, -0.15) is 0 Å². The summed E-state index contributed by atoms with van der Waals surface area (Å²) in [5.74, 6) is -0.676. The van der Waals surface area contributed by atoms with Crippen LogP contribution in [0.3, 0.4) is 0 Å². The first-order valence-electron chi connectivity index (χ1n) is 16.3. The van der Waals surface area contributed by atoms with Crippen molar-refractivity contribution >= 4 is 17.8 Å².